The number of rotatable bonds is 5. The van der Waals surface area contributed by atoms with Crippen molar-refractivity contribution in [2.24, 2.45) is 0 Å². The number of aryl methyl sites for hydroxylation is 2. The van der Waals surface area contributed by atoms with Crippen molar-refractivity contribution in [1.29, 1.82) is 0 Å². The van der Waals surface area contributed by atoms with Crippen molar-refractivity contribution in [3.05, 3.63) is 29.3 Å². The molecule has 2 rings (SSSR count). The molecule has 1 aliphatic carbocycles. The molecule has 1 fully saturated rings. The van der Waals surface area contributed by atoms with Crippen molar-refractivity contribution in [1.82, 2.24) is 5.32 Å². The van der Waals surface area contributed by atoms with E-state index in [2.05, 4.69) is 19.2 Å². The Morgan fingerprint density at radius 1 is 1.13 bits per heavy atom. The lowest BCUT2D eigenvalue weighted by Gasteiger charge is -2.24. The Bertz CT molecular complexity index is 504. The summed E-state index contributed by atoms with van der Waals surface area (Å²) in [5, 5.41) is 3.22. The molecule has 3 nitrogen and oxygen atoms in total. The maximum absolute atomic E-state index is 12.6. The average molecular weight is 317 g/mol. The second-order valence-electron chi connectivity index (χ2n) is 6.81. The molecule has 0 spiro atoms. The molecule has 0 bridgehead atoms. The third kappa shape index (κ3) is 5.56. The molecule has 128 valence electrons. The molecule has 0 aromatic heterocycles. The molecule has 23 heavy (non-hydrogen) atoms. The van der Waals surface area contributed by atoms with Crippen molar-refractivity contribution >= 4 is 5.91 Å². The highest BCUT2D eigenvalue weighted by molar-refractivity contribution is 5.81. The summed E-state index contributed by atoms with van der Waals surface area (Å²) in [6.07, 6.45) is 8.87. The number of hydrogen-bond donors (Lipinski definition) is 1. The van der Waals surface area contributed by atoms with E-state index in [0.717, 1.165) is 18.6 Å². The van der Waals surface area contributed by atoms with Crippen LogP contribution >= 0.6 is 0 Å². The normalized spacial score (nSPS) is 17.9. The van der Waals surface area contributed by atoms with E-state index in [9.17, 15) is 4.79 Å². The van der Waals surface area contributed by atoms with E-state index in [4.69, 9.17) is 4.74 Å². The number of carbonyl (C=O) groups excluding carboxylic acids is 1. The van der Waals surface area contributed by atoms with Gasteiger partial charge < -0.3 is 10.1 Å². The smallest absolute Gasteiger partial charge is 0.261 e. The predicted molar refractivity (Wildman–Crippen MR) is 94.9 cm³/mol. The van der Waals surface area contributed by atoms with E-state index in [1.54, 1.807) is 0 Å². The van der Waals surface area contributed by atoms with E-state index in [1.165, 1.54) is 43.2 Å². The summed E-state index contributed by atoms with van der Waals surface area (Å²) in [6.45, 7) is 6.15. The first-order chi connectivity index (χ1) is 11.1. The molecule has 1 atom stereocenters. The van der Waals surface area contributed by atoms with Gasteiger partial charge in [-0.2, -0.15) is 0 Å². The van der Waals surface area contributed by atoms with Crippen LogP contribution in [0.3, 0.4) is 0 Å². The minimum Gasteiger partial charge on any atom is -0.481 e. The Hall–Kier alpha value is -1.51. The molecule has 1 aromatic rings. The number of benzene rings is 1. The standard InChI is InChI=1S/C20H31NO2/c1-4-19(23-18-13-12-15(2)16(3)14-18)20(22)21-17-10-8-6-5-7-9-11-17/h12-14,17,19H,4-11H2,1-3H3,(H,21,22)/t19-/m1/s1. The van der Waals surface area contributed by atoms with Gasteiger partial charge in [-0.3, -0.25) is 4.79 Å². The summed E-state index contributed by atoms with van der Waals surface area (Å²) in [5.74, 6) is 0.823. The van der Waals surface area contributed by atoms with Gasteiger partial charge in [0.1, 0.15) is 5.75 Å². The fraction of sp³-hybridized carbons (Fsp3) is 0.650. The van der Waals surface area contributed by atoms with Crippen molar-refractivity contribution in [3.8, 4) is 5.75 Å². The summed E-state index contributed by atoms with van der Waals surface area (Å²) in [6, 6.07) is 6.33. The highest BCUT2D eigenvalue weighted by Gasteiger charge is 2.22. The molecule has 1 N–H and O–H groups in total. The molecule has 0 saturated heterocycles. The first kappa shape index (κ1) is 17.8. The SMILES string of the molecule is CC[C@@H](Oc1ccc(C)c(C)c1)C(=O)NC1CCCCCCC1. The van der Waals surface area contributed by atoms with Gasteiger partial charge >= 0.3 is 0 Å². The summed E-state index contributed by atoms with van der Waals surface area (Å²) in [7, 11) is 0. The maximum atomic E-state index is 12.6. The minimum absolute atomic E-state index is 0.0382. The van der Waals surface area contributed by atoms with Gasteiger partial charge in [-0.05, 0) is 56.4 Å². The van der Waals surface area contributed by atoms with Crippen molar-refractivity contribution in [2.75, 3.05) is 0 Å². The van der Waals surface area contributed by atoms with Crippen LogP contribution in [0, 0.1) is 13.8 Å². The highest BCUT2D eigenvalue weighted by atomic mass is 16.5. The van der Waals surface area contributed by atoms with E-state index in [0.29, 0.717) is 12.5 Å². The molecule has 0 radical (unpaired) electrons. The number of amides is 1. The van der Waals surface area contributed by atoms with Gasteiger partial charge in [-0.15, -0.1) is 0 Å². The van der Waals surface area contributed by atoms with Crippen molar-refractivity contribution < 1.29 is 9.53 Å². The first-order valence-electron chi connectivity index (χ1n) is 9.14. The fourth-order valence-corrected chi connectivity index (χ4v) is 3.17. The van der Waals surface area contributed by atoms with E-state index in [-0.39, 0.29) is 5.91 Å². The van der Waals surface area contributed by atoms with E-state index < -0.39 is 6.10 Å². The Morgan fingerprint density at radius 3 is 2.39 bits per heavy atom. The summed E-state index contributed by atoms with van der Waals surface area (Å²) in [5.41, 5.74) is 2.43. The third-order valence-corrected chi connectivity index (χ3v) is 4.87. The zero-order valence-corrected chi connectivity index (χ0v) is 14.9. The topological polar surface area (TPSA) is 38.3 Å². The molecule has 3 heteroatoms. The number of carbonyl (C=O) groups is 1. The van der Waals surface area contributed by atoms with Crippen LogP contribution in [0.2, 0.25) is 0 Å². The van der Waals surface area contributed by atoms with Crippen LogP contribution < -0.4 is 10.1 Å². The van der Waals surface area contributed by atoms with Crippen LogP contribution in [-0.4, -0.2) is 18.1 Å². The van der Waals surface area contributed by atoms with Crippen molar-refractivity contribution in [2.45, 2.75) is 84.3 Å². The van der Waals surface area contributed by atoms with E-state index in [1.807, 2.05) is 25.1 Å². The Kier molecular flexibility index (Phi) is 6.94. The van der Waals surface area contributed by atoms with Crippen LogP contribution in [0.15, 0.2) is 18.2 Å². The summed E-state index contributed by atoms with van der Waals surface area (Å²) < 4.78 is 5.95. The Balaban J connectivity index is 1.93. The Labute approximate surface area is 140 Å². The molecule has 0 aliphatic heterocycles. The van der Waals surface area contributed by atoms with Gasteiger partial charge in [-0.1, -0.05) is 45.1 Å². The van der Waals surface area contributed by atoms with Gasteiger partial charge in [0.2, 0.25) is 0 Å². The lowest BCUT2D eigenvalue weighted by Crippen LogP contribution is -2.43. The van der Waals surface area contributed by atoms with Crippen LogP contribution in [0.4, 0.5) is 0 Å². The zero-order chi connectivity index (χ0) is 16.7. The molecular formula is C20H31NO2. The predicted octanol–water partition coefficient (Wildman–Crippen LogP) is 4.69. The molecule has 0 heterocycles. The van der Waals surface area contributed by atoms with Gasteiger partial charge in [0, 0.05) is 6.04 Å². The van der Waals surface area contributed by atoms with E-state index >= 15 is 0 Å². The lowest BCUT2D eigenvalue weighted by molar-refractivity contribution is -0.129. The second kappa shape index (κ2) is 8.95. The van der Waals surface area contributed by atoms with Crippen LogP contribution in [0.25, 0.3) is 0 Å². The van der Waals surface area contributed by atoms with Gasteiger partial charge in [0.05, 0.1) is 0 Å². The first-order valence-corrected chi connectivity index (χ1v) is 9.14. The molecule has 1 aliphatic rings. The zero-order valence-electron chi connectivity index (χ0n) is 14.9. The maximum Gasteiger partial charge on any atom is 0.261 e. The van der Waals surface area contributed by atoms with Gasteiger partial charge in [-0.25, -0.2) is 0 Å². The third-order valence-electron chi connectivity index (χ3n) is 4.87. The number of ether oxygens (including phenoxy) is 1. The molecule has 1 amide bonds. The highest BCUT2D eigenvalue weighted by Crippen LogP contribution is 2.20. The Morgan fingerprint density at radius 2 is 1.78 bits per heavy atom. The minimum atomic E-state index is -0.400. The van der Waals surface area contributed by atoms with Crippen LogP contribution in [0.1, 0.15) is 69.4 Å². The van der Waals surface area contributed by atoms with Gasteiger partial charge in [0.15, 0.2) is 6.10 Å². The van der Waals surface area contributed by atoms with Crippen LogP contribution in [-0.2, 0) is 4.79 Å². The molecule has 1 aromatic carbocycles. The largest absolute Gasteiger partial charge is 0.481 e. The average Bonchev–Trinajstić information content (AvgIpc) is 2.50. The quantitative estimate of drug-likeness (QED) is 0.855. The summed E-state index contributed by atoms with van der Waals surface area (Å²) in [4.78, 5) is 12.6. The fourth-order valence-electron chi connectivity index (χ4n) is 3.17. The molecule has 0 unspecified atom stereocenters. The van der Waals surface area contributed by atoms with Crippen LogP contribution in [0.5, 0.6) is 5.75 Å². The lowest BCUT2D eigenvalue weighted by atomic mass is 9.96. The van der Waals surface area contributed by atoms with Crippen molar-refractivity contribution in [3.63, 3.8) is 0 Å². The summed E-state index contributed by atoms with van der Waals surface area (Å²) >= 11 is 0. The second-order valence-corrected chi connectivity index (χ2v) is 6.81. The molecule has 1 saturated carbocycles. The molecular weight excluding hydrogens is 286 g/mol. The monoisotopic (exact) mass is 317 g/mol. The number of hydrogen-bond acceptors (Lipinski definition) is 2. The number of nitrogens with one attached hydrogen (secondary N) is 1. The van der Waals surface area contributed by atoms with Gasteiger partial charge in [0.25, 0.3) is 5.91 Å².